The molecule has 0 aliphatic carbocycles. The fourth-order valence-electron chi connectivity index (χ4n) is 1.32. The highest BCUT2D eigenvalue weighted by Crippen LogP contribution is 2.00. The summed E-state index contributed by atoms with van der Waals surface area (Å²) in [7, 11) is 0.329. The maximum absolute atomic E-state index is 2.38. The van der Waals surface area contributed by atoms with E-state index in [4.69, 9.17) is 0 Å². The van der Waals surface area contributed by atoms with E-state index in [0.717, 1.165) is 0 Å². The third-order valence-corrected chi connectivity index (χ3v) is 4.60. The molecule has 1 aromatic rings. The number of hydrogen-bond acceptors (Lipinski definition) is 0. The SMILES string of the molecule is C[SiH2]CCc1ccc([SiH2]C)cc1. The maximum atomic E-state index is 2.38. The van der Waals surface area contributed by atoms with Gasteiger partial charge in [0.05, 0.1) is 9.52 Å². The molecule has 12 heavy (non-hydrogen) atoms. The van der Waals surface area contributed by atoms with Gasteiger partial charge in [-0.1, -0.05) is 48.6 Å². The summed E-state index contributed by atoms with van der Waals surface area (Å²) in [6, 6.07) is 10.7. The quantitative estimate of drug-likeness (QED) is 0.619. The van der Waals surface area contributed by atoms with Gasteiger partial charge in [0, 0.05) is 9.52 Å². The van der Waals surface area contributed by atoms with Crippen LogP contribution in [0.5, 0.6) is 0 Å². The van der Waals surface area contributed by atoms with Crippen molar-refractivity contribution in [1.82, 2.24) is 0 Å². The van der Waals surface area contributed by atoms with E-state index in [1.165, 1.54) is 18.0 Å². The summed E-state index contributed by atoms with van der Waals surface area (Å²) in [4.78, 5) is 0. The molecule has 0 spiro atoms. The molecule has 0 aliphatic rings. The second-order valence-corrected chi connectivity index (χ2v) is 6.50. The molecule has 66 valence electrons. The monoisotopic (exact) mass is 194 g/mol. The van der Waals surface area contributed by atoms with Crippen LogP contribution in [0.25, 0.3) is 0 Å². The first kappa shape index (κ1) is 9.74. The van der Waals surface area contributed by atoms with Crippen molar-refractivity contribution in [2.75, 3.05) is 0 Å². The highest BCUT2D eigenvalue weighted by atomic mass is 28.2. The lowest BCUT2D eigenvalue weighted by Crippen LogP contribution is -2.09. The molecule has 1 aromatic carbocycles. The van der Waals surface area contributed by atoms with Crippen LogP contribution < -0.4 is 5.19 Å². The minimum atomic E-state index is 0.0648. The van der Waals surface area contributed by atoms with Gasteiger partial charge in [-0.25, -0.2) is 0 Å². The Morgan fingerprint density at radius 1 is 1.08 bits per heavy atom. The lowest BCUT2D eigenvalue weighted by Gasteiger charge is -2.00. The summed E-state index contributed by atoms with van der Waals surface area (Å²) in [5.74, 6) is 0. The maximum Gasteiger partial charge on any atom is 0.0517 e. The Balaban J connectivity index is 2.53. The predicted molar refractivity (Wildman–Crippen MR) is 63.4 cm³/mol. The highest BCUT2D eigenvalue weighted by Gasteiger charge is 1.92. The molecule has 0 bridgehead atoms. The Hall–Kier alpha value is -0.346. The fourth-order valence-corrected chi connectivity index (χ4v) is 2.79. The topological polar surface area (TPSA) is 0 Å². The summed E-state index contributed by atoms with van der Waals surface area (Å²) in [6.45, 7) is 4.72. The molecular formula is C10H18Si2. The van der Waals surface area contributed by atoms with E-state index in [2.05, 4.69) is 37.4 Å². The standard InChI is InChI=1S/C10H18Si2/c1-11-8-7-9-3-5-10(12-2)6-4-9/h3-6H,7-8,11-12H2,1-2H3. The number of hydrogen-bond donors (Lipinski definition) is 0. The van der Waals surface area contributed by atoms with Crippen molar-refractivity contribution in [3.05, 3.63) is 29.8 Å². The summed E-state index contributed by atoms with van der Waals surface area (Å²) in [5, 5.41) is 1.59. The van der Waals surface area contributed by atoms with Crippen molar-refractivity contribution in [2.45, 2.75) is 25.6 Å². The Labute approximate surface area is 80.0 Å². The Kier molecular flexibility index (Phi) is 4.32. The minimum absolute atomic E-state index is 0.0648. The van der Waals surface area contributed by atoms with Crippen LogP contribution in [0.4, 0.5) is 0 Å². The third kappa shape index (κ3) is 2.95. The van der Waals surface area contributed by atoms with Crippen molar-refractivity contribution >= 4 is 24.2 Å². The highest BCUT2D eigenvalue weighted by molar-refractivity contribution is 6.51. The van der Waals surface area contributed by atoms with Gasteiger partial charge in [0.25, 0.3) is 0 Å². The van der Waals surface area contributed by atoms with Gasteiger partial charge in [0.15, 0.2) is 0 Å². The molecule has 0 saturated carbocycles. The summed E-state index contributed by atoms with van der Waals surface area (Å²) in [5.41, 5.74) is 1.54. The second kappa shape index (κ2) is 5.33. The first-order valence-corrected chi connectivity index (χ1v) is 9.48. The van der Waals surface area contributed by atoms with Gasteiger partial charge in [0.2, 0.25) is 0 Å². The van der Waals surface area contributed by atoms with Gasteiger partial charge in [-0.3, -0.25) is 0 Å². The Morgan fingerprint density at radius 3 is 2.25 bits per heavy atom. The average Bonchev–Trinajstić information content (AvgIpc) is 2.15. The van der Waals surface area contributed by atoms with Crippen LogP contribution in [0.2, 0.25) is 19.1 Å². The molecule has 0 saturated heterocycles. The molecule has 0 fully saturated rings. The lowest BCUT2D eigenvalue weighted by atomic mass is 10.2. The molecule has 0 heterocycles. The average molecular weight is 194 g/mol. The normalized spacial score (nSPS) is 12.2. The molecule has 0 aromatic heterocycles. The van der Waals surface area contributed by atoms with E-state index < -0.39 is 0 Å². The van der Waals surface area contributed by atoms with Crippen molar-refractivity contribution in [3.8, 4) is 0 Å². The number of benzene rings is 1. The third-order valence-electron chi connectivity index (χ3n) is 2.25. The number of aryl methyl sites for hydroxylation is 1. The van der Waals surface area contributed by atoms with Crippen molar-refractivity contribution in [3.63, 3.8) is 0 Å². The van der Waals surface area contributed by atoms with Crippen LogP contribution in [0.15, 0.2) is 24.3 Å². The van der Waals surface area contributed by atoms with Crippen LogP contribution in [0.3, 0.4) is 0 Å². The van der Waals surface area contributed by atoms with E-state index in [1.807, 2.05) is 0 Å². The zero-order chi connectivity index (χ0) is 8.81. The van der Waals surface area contributed by atoms with Crippen LogP contribution in [-0.2, 0) is 6.42 Å². The molecule has 1 rings (SSSR count). The van der Waals surface area contributed by atoms with Crippen molar-refractivity contribution in [2.24, 2.45) is 0 Å². The summed E-state index contributed by atoms with van der Waals surface area (Å²) in [6.07, 6.45) is 1.31. The lowest BCUT2D eigenvalue weighted by molar-refractivity contribution is 1.13. The van der Waals surface area contributed by atoms with Gasteiger partial charge >= 0.3 is 0 Å². The zero-order valence-electron chi connectivity index (χ0n) is 8.14. The minimum Gasteiger partial charge on any atom is -0.0748 e. The molecule has 0 unspecified atom stereocenters. The van der Waals surface area contributed by atoms with E-state index in [0.29, 0.717) is 0 Å². The van der Waals surface area contributed by atoms with Crippen LogP contribution in [-0.4, -0.2) is 19.0 Å². The van der Waals surface area contributed by atoms with Gasteiger partial charge in [0.1, 0.15) is 0 Å². The van der Waals surface area contributed by atoms with E-state index >= 15 is 0 Å². The molecular weight excluding hydrogens is 176 g/mol. The molecule has 0 N–H and O–H groups in total. The molecule has 0 atom stereocenters. The summed E-state index contributed by atoms with van der Waals surface area (Å²) >= 11 is 0. The molecule has 0 radical (unpaired) electrons. The molecule has 0 amide bonds. The first-order chi connectivity index (χ1) is 5.86. The van der Waals surface area contributed by atoms with Crippen LogP contribution >= 0.6 is 0 Å². The van der Waals surface area contributed by atoms with Crippen LogP contribution in [0, 0.1) is 0 Å². The smallest absolute Gasteiger partial charge is 0.0517 e. The summed E-state index contributed by atoms with van der Waals surface area (Å²) < 4.78 is 0. The zero-order valence-corrected chi connectivity index (χ0v) is 11.0. The molecule has 2 heteroatoms. The largest absolute Gasteiger partial charge is 0.0748 e. The Morgan fingerprint density at radius 2 is 1.75 bits per heavy atom. The van der Waals surface area contributed by atoms with Gasteiger partial charge in [-0.2, -0.15) is 0 Å². The predicted octanol–water partition coefficient (Wildman–Crippen LogP) is 0.706. The van der Waals surface area contributed by atoms with Crippen LogP contribution in [0.1, 0.15) is 5.56 Å². The Bertz CT molecular complexity index is 216. The van der Waals surface area contributed by atoms with Gasteiger partial charge in [-0.05, 0) is 12.0 Å². The first-order valence-electron chi connectivity index (χ1n) is 4.94. The van der Waals surface area contributed by atoms with E-state index in [9.17, 15) is 0 Å². The molecule has 0 aliphatic heterocycles. The van der Waals surface area contributed by atoms with Crippen molar-refractivity contribution < 1.29 is 0 Å². The van der Waals surface area contributed by atoms with Crippen molar-refractivity contribution in [1.29, 1.82) is 0 Å². The van der Waals surface area contributed by atoms with E-state index in [1.54, 1.807) is 5.19 Å². The van der Waals surface area contributed by atoms with Gasteiger partial charge in [-0.15, -0.1) is 0 Å². The fraction of sp³-hybridized carbons (Fsp3) is 0.400. The number of rotatable bonds is 4. The van der Waals surface area contributed by atoms with Gasteiger partial charge < -0.3 is 0 Å². The van der Waals surface area contributed by atoms with E-state index in [-0.39, 0.29) is 19.0 Å². The molecule has 0 nitrogen and oxygen atoms in total. The second-order valence-electron chi connectivity index (χ2n) is 3.27.